The Labute approximate surface area is 165 Å². The van der Waals surface area contributed by atoms with Crippen molar-refractivity contribution in [3.8, 4) is 0 Å². The van der Waals surface area contributed by atoms with E-state index in [1.165, 1.54) is 0 Å². The zero-order valence-electron chi connectivity index (χ0n) is 16.4. The molecule has 0 unspecified atom stereocenters. The van der Waals surface area contributed by atoms with Gasteiger partial charge in [-0.1, -0.05) is 50.0 Å². The second-order valence-electron chi connectivity index (χ2n) is 7.83. The number of carbonyl (C=O) groups excluding carboxylic acids is 4. The van der Waals surface area contributed by atoms with Gasteiger partial charge in [0.1, 0.15) is 6.04 Å². The van der Waals surface area contributed by atoms with Gasteiger partial charge >= 0.3 is 12.1 Å². The van der Waals surface area contributed by atoms with E-state index < -0.39 is 38.0 Å². The van der Waals surface area contributed by atoms with E-state index >= 15 is 0 Å². The van der Waals surface area contributed by atoms with E-state index in [1.807, 2.05) is 6.07 Å². The second-order valence-corrected chi connectivity index (χ2v) is 13.4. The highest BCUT2D eigenvalue weighted by molar-refractivity contribution is 6.76. The van der Waals surface area contributed by atoms with Crippen molar-refractivity contribution in [2.24, 2.45) is 0 Å². The minimum absolute atomic E-state index is 0.00161. The normalized spacial score (nSPS) is 15.3. The average Bonchev–Trinajstić information content (AvgIpc) is 2.93. The van der Waals surface area contributed by atoms with Crippen LogP contribution < -0.4 is 5.32 Å². The first kappa shape index (κ1) is 21.6. The maximum Gasteiger partial charge on any atom is 0.407 e. The van der Waals surface area contributed by atoms with Crippen LogP contribution in [0.4, 0.5) is 4.79 Å². The summed E-state index contributed by atoms with van der Waals surface area (Å²) >= 11 is 0. The Hall–Kier alpha value is -2.68. The lowest BCUT2D eigenvalue weighted by atomic mass is 10.1. The van der Waals surface area contributed by atoms with Crippen LogP contribution in [0.5, 0.6) is 0 Å². The van der Waals surface area contributed by atoms with Crippen molar-refractivity contribution >= 4 is 32.0 Å². The average molecular weight is 407 g/mol. The number of benzene rings is 1. The number of rotatable bonds is 8. The molecule has 0 spiro atoms. The fraction of sp³-hybridized carbons (Fsp3) is 0.474. The molecular weight excluding hydrogens is 380 g/mol. The lowest BCUT2D eigenvalue weighted by Crippen LogP contribution is -2.46. The van der Waals surface area contributed by atoms with Gasteiger partial charge in [-0.3, -0.25) is 9.59 Å². The predicted molar refractivity (Wildman–Crippen MR) is 104 cm³/mol. The van der Waals surface area contributed by atoms with Crippen molar-refractivity contribution in [2.45, 2.75) is 51.0 Å². The summed E-state index contributed by atoms with van der Waals surface area (Å²) in [6.07, 6.45) is -0.599. The Kier molecular flexibility index (Phi) is 7.33. The van der Waals surface area contributed by atoms with E-state index in [2.05, 4.69) is 25.0 Å². The number of imide groups is 1. The van der Waals surface area contributed by atoms with Gasteiger partial charge in [-0.05, 0) is 11.6 Å². The molecule has 0 radical (unpaired) electrons. The molecule has 1 heterocycles. The van der Waals surface area contributed by atoms with Gasteiger partial charge in [0.15, 0.2) is 0 Å². The monoisotopic (exact) mass is 406 g/mol. The molecule has 1 aliphatic rings. The van der Waals surface area contributed by atoms with Gasteiger partial charge in [0.05, 0.1) is 6.61 Å². The summed E-state index contributed by atoms with van der Waals surface area (Å²) in [4.78, 5) is 53.0. The fourth-order valence-electron chi connectivity index (χ4n) is 2.49. The number of carbonyl (C=O) groups is 4. The molecule has 0 aliphatic carbocycles. The van der Waals surface area contributed by atoms with Crippen molar-refractivity contribution in [3.05, 3.63) is 35.9 Å². The molecule has 1 aromatic carbocycles. The molecule has 152 valence electrons. The van der Waals surface area contributed by atoms with Gasteiger partial charge in [0, 0.05) is 27.3 Å². The van der Waals surface area contributed by atoms with Crippen LogP contribution >= 0.6 is 0 Å². The quantitative estimate of drug-likeness (QED) is 0.525. The van der Waals surface area contributed by atoms with Crippen LogP contribution in [0, 0.1) is 0 Å². The van der Waals surface area contributed by atoms with E-state index in [4.69, 9.17) is 9.57 Å². The Bertz CT molecular complexity index is 716. The molecule has 0 bridgehead atoms. The van der Waals surface area contributed by atoms with Crippen LogP contribution in [0.3, 0.4) is 0 Å². The van der Waals surface area contributed by atoms with E-state index in [9.17, 15) is 19.2 Å². The van der Waals surface area contributed by atoms with Crippen LogP contribution in [0.1, 0.15) is 18.4 Å². The van der Waals surface area contributed by atoms with Gasteiger partial charge in [-0.25, -0.2) is 9.59 Å². The van der Waals surface area contributed by atoms with Gasteiger partial charge in [0.25, 0.3) is 11.8 Å². The van der Waals surface area contributed by atoms with Crippen molar-refractivity contribution in [2.75, 3.05) is 6.61 Å². The fourth-order valence-corrected chi connectivity index (χ4v) is 3.20. The summed E-state index contributed by atoms with van der Waals surface area (Å²) in [6.45, 7) is 6.74. The number of hydrogen-bond acceptors (Lipinski definition) is 6. The molecule has 1 fully saturated rings. The summed E-state index contributed by atoms with van der Waals surface area (Å²) in [7, 11) is -1.37. The van der Waals surface area contributed by atoms with Gasteiger partial charge in [-0.2, -0.15) is 0 Å². The van der Waals surface area contributed by atoms with Gasteiger partial charge < -0.3 is 14.9 Å². The Morgan fingerprint density at radius 2 is 1.71 bits per heavy atom. The maximum absolute atomic E-state index is 12.5. The third-order valence-electron chi connectivity index (χ3n) is 4.13. The smallest absolute Gasteiger partial charge is 0.407 e. The lowest BCUT2D eigenvalue weighted by molar-refractivity contribution is -0.198. The highest BCUT2D eigenvalue weighted by Crippen LogP contribution is 2.14. The second kappa shape index (κ2) is 9.49. The topological polar surface area (TPSA) is 102 Å². The van der Waals surface area contributed by atoms with Crippen LogP contribution in [0.25, 0.3) is 0 Å². The third-order valence-corrected chi connectivity index (χ3v) is 5.84. The van der Waals surface area contributed by atoms with E-state index in [1.54, 1.807) is 24.3 Å². The Balaban J connectivity index is 2.01. The summed E-state index contributed by atoms with van der Waals surface area (Å²) in [6, 6.07) is 8.73. The highest BCUT2D eigenvalue weighted by atomic mass is 28.3. The number of hydrogen-bond donors (Lipinski definition) is 1. The first-order chi connectivity index (χ1) is 13.2. The molecule has 3 amide bonds. The summed E-state index contributed by atoms with van der Waals surface area (Å²) < 4.78 is 5.18. The number of ether oxygens (including phenoxy) is 1. The molecule has 9 heteroatoms. The number of hydroxylamine groups is 2. The number of nitrogens with one attached hydrogen (secondary N) is 1. The molecule has 2 rings (SSSR count). The number of nitrogens with zero attached hydrogens (tertiary/aromatic N) is 1. The number of amides is 3. The zero-order chi connectivity index (χ0) is 20.7. The molecule has 1 N–H and O–H groups in total. The van der Waals surface area contributed by atoms with Crippen LogP contribution in [0.15, 0.2) is 30.3 Å². The molecule has 8 nitrogen and oxygen atoms in total. The zero-order valence-corrected chi connectivity index (χ0v) is 17.4. The molecule has 1 saturated heterocycles. The molecule has 0 saturated carbocycles. The first-order valence-corrected chi connectivity index (χ1v) is 12.9. The van der Waals surface area contributed by atoms with E-state index in [0.717, 1.165) is 11.6 Å². The molecule has 1 aliphatic heterocycles. The largest absolute Gasteiger partial charge is 0.450 e. The number of alkyl carbamates (subject to hydrolysis) is 1. The van der Waals surface area contributed by atoms with Crippen LogP contribution in [-0.4, -0.2) is 49.7 Å². The summed E-state index contributed by atoms with van der Waals surface area (Å²) in [5.41, 5.74) is 0.783. The standard InChI is InChI=1S/C19H26N2O6Si/c1-28(2,3)12-11-26-19(25)20-15(13-14-7-5-4-6-8-14)18(24)27-21-16(22)9-10-17(21)23/h4-8,15H,9-13H2,1-3H3,(H,20,25)/t15-/m1/s1. The Morgan fingerprint density at radius 1 is 1.11 bits per heavy atom. The van der Waals surface area contributed by atoms with Crippen molar-refractivity contribution in [1.82, 2.24) is 10.4 Å². The van der Waals surface area contributed by atoms with Gasteiger partial charge in [0.2, 0.25) is 0 Å². The minimum Gasteiger partial charge on any atom is -0.450 e. The summed E-state index contributed by atoms with van der Waals surface area (Å²) in [5, 5.41) is 2.96. The Morgan fingerprint density at radius 3 is 2.29 bits per heavy atom. The predicted octanol–water partition coefficient (Wildman–Crippen LogP) is 2.27. The summed E-state index contributed by atoms with van der Waals surface area (Å²) in [5.74, 6) is -2.04. The van der Waals surface area contributed by atoms with Gasteiger partial charge in [-0.15, -0.1) is 5.06 Å². The third kappa shape index (κ3) is 6.80. The van der Waals surface area contributed by atoms with Crippen LogP contribution in [-0.2, 0) is 30.4 Å². The maximum atomic E-state index is 12.5. The van der Waals surface area contributed by atoms with E-state index in [-0.39, 0.29) is 25.9 Å². The van der Waals surface area contributed by atoms with Crippen molar-refractivity contribution in [3.63, 3.8) is 0 Å². The molecular formula is C19H26N2O6Si. The minimum atomic E-state index is -1.37. The van der Waals surface area contributed by atoms with E-state index in [0.29, 0.717) is 5.06 Å². The van der Waals surface area contributed by atoms with Crippen LogP contribution in [0.2, 0.25) is 25.7 Å². The molecule has 1 aromatic rings. The van der Waals surface area contributed by atoms with Crippen molar-refractivity contribution < 1.29 is 28.8 Å². The lowest BCUT2D eigenvalue weighted by Gasteiger charge is -2.21. The first-order valence-electron chi connectivity index (χ1n) is 9.20. The molecule has 1 atom stereocenters. The highest BCUT2D eigenvalue weighted by Gasteiger charge is 2.35. The van der Waals surface area contributed by atoms with Crippen molar-refractivity contribution in [1.29, 1.82) is 0 Å². The molecule has 0 aromatic heterocycles. The SMILES string of the molecule is C[Si](C)(C)CCOC(=O)N[C@H](Cc1ccccc1)C(=O)ON1C(=O)CCC1=O. The molecule has 28 heavy (non-hydrogen) atoms.